The number of nitrogens with one attached hydrogen (secondary N) is 1. The Morgan fingerprint density at radius 2 is 2.00 bits per heavy atom. The summed E-state index contributed by atoms with van der Waals surface area (Å²) in [6, 6.07) is 7.60. The number of carboxylic acids is 1. The van der Waals surface area contributed by atoms with E-state index in [4.69, 9.17) is 5.11 Å². The molecule has 0 aromatic heterocycles. The molecule has 16 heavy (non-hydrogen) atoms. The molecule has 2 rings (SSSR count). The monoisotopic (exact) mass is 237 g/mol. The minimum atomic E-state index is -0.896. The predicted octanol–water partition coefficient (Wildman–Crippen LogP) is 3.55. The number of aliphatic carboxylic acids is 1. The molecule has 0 saturated heterocycles. The lowest BCUT2D eigenvalue weighted by atomic mass is 10.3. The molecule has 0 saturated carbocycles. The average Bonchev–Trinajstić information content (AvgIpc) is 2.29. The normalized spacial score (nSPS) is 12.5. The molecule has 3 nitrogen and oxygen atoms in total. The molecule has 0 atom stereocenters. The third-order valence-corrected chi connectivity index (χ3v) is 2.76. The van der Waals surface area contributed by atoms with Gasteiger partial charge in [-0.2, -0.15) is 0 Å². The minimum absolute atomic E-state index is 0.318. The summed E-state index contributed by atoms with van der Waals surface area (Å²) in [7, 11) is 0. The van der Waals surface area contributed by atoms with E-state index in [9.17, 15) is 4.79 Å². The smallest absolute Gasteiger partial charge is 0.344 e. The van der Waals surface area contributed by atoms with Crippen LogP contribution < -0.4 is 5.32 Å². The standard InChI is InChI=1S/C9H7NO2S.C3H8/c11-9(12)8-5-10-6-3-1-2-4-7(6)13-8;1-3-2/h1-5,10H,(H,11,12);3H2,1-2H3. The molecule has 1 aromatic rings. The van der Waals surface area contributed by atoms with E-state index in [0.717, 1.165) is 10.6 Å². The number of carboxylic acid groups (broad SMARTS) is 1. The molecule has 4 heteroatoms. The van der Waals surface area contributed by atoms with Gasteiger partial charge in [-0.3, -0.25) is 0 Å². The van der Waals surface area contributed by atoms with Crippen LogP contribution in [-0.4, -0.2) is 11.1 Å². The Hall–Kier alpha value is -1.42. The number of anilines is 1. The summed E-state index contributed by atoms with van der Waals surface area (Å²) >= 11 is 1.26. The maximum absolute atomic E-state index is 10.6. The molecule has 2 N–H and O–H groups in total. The summed E-state index contributed by atoms with van der Waals surface area (Å²) in [4.78, 5) is 11.9. The quantitative estimate of drug-likeness (QED) is 0.784. The van der Waals surface area contributed by atoms with Gasteiger partial charge in [0.2, 0.25) is 0 Å². The number of thioether (sulfide) groups is 1. The number of benzene rings is 1. The van der Waals surface area contributed by atoms with E-state index in [2.05, 4.69) is 19.2 Å². The molecule has 1 aliphatic heterocycles. The van der Waals surface area contributed by atoms with Crippen molar-refractivity contribution in [3.63, 3.8) is 0 Å². The van der Waals surface area contributed by atoms with Gasteiger partial charge in [-0.1, -0.05) is 44.2 Å². The number of para-hydroxylation sites is 1. The van der Waals surface area contributed by atoms with Gasteiger partial charge in [-0.25, -0.2) is 4.79 Å². The van der Waals surface area contributed by atoms with Crippen molar-refractivity contribution in [2.45, 2.75) is 25.2 Å². The van der Waals surface area contributed by atoms with Crippen molar-refractivity contribution in [2.75, 3.05) is 5.32 Å². The van der Waals surface area contributed by atoms with Crippen molar-refractivity contribution in [1.82, 2.24) is 0 Å². The van der Waals surface area contributed by atoms with Crippen LogP contribution in [0.25, 0.3) is 0 Å². The lowest BCUT2D eigenvalue weighted by Crippen LogP contribution is -2.05. The van der Waals surface area contributed by atoms with E-state index in [1.165, 1.54) is 24.4 Å². The van der Waals surface area contributed by atoms with Gasteiger partial charge in [0.1, 0.15) is 4.91 Å². The highest BCUT2D eigenvalue weighted by Crippen LogP contribution is 2.36. The van der Waals surface area contributed by atoms with Crippen LogP contribution in [0.1, 0.15) is 20.3 Å². The molecule has 0 spiro atoms. The van der Waals surface area contributed by atoms with Crippen LogP contribution in [0.4, 0.5) is 5.69 Å². The Morgan fingerprint density at radius 3 is 2.62 bits per heavy atom. The van der Waals surface area contributed by atoms with Crippen molar-refractivity contribution >= 4 is 23.4 Å². The molecular formula is C12H15NO2S. The van der Waals surface area contributed by atoms with Gasteiger partial charge < -0.3 is 10.4 Å². The lowest BCUT2D eigenvalue weighted by molar-refractivity contribution is -0.131. The second-order valence-corrected chi connectivity index (χ2v) is 4.35. The zero-order valence-electron chi connectivity index (χ0n) is 9.36. The van der Waals surface area contributed by atoms with Gasteiger partial charge >= 0.3 is 5.97 Å². The largest absolute Gasteiger partial charge is 0.477 e. The fourth-order valence-electron chi connectivity index (χ4n) is 1.07. The predicted molar refractivity (Wildman–Crippen MR) is 67.6 cm³/mol. The van der Waals surface area contributed by atoms with E-state index in [1.54, 1.807) is 0 Å². The number of fused-ring (bicyclic) bond motifs is 1. The van der Waals surface area contributed by atoms with Gasteiger partial charge in [-0.15, -0.1) is 0 Å². The number of hydrogen-bond donors (Lipinski definition) is 2. The summed E-state index contributed by atoms with van der Waals surface area (Å²) in [5, 5.41) is 11.7. The third kappa shape index (κ3) is 3.31. The van der Waals surface area contributed by atoms with Crippen molar-refractivity contribution in [3.05, 3.63) is 35.4 Å². The van der Waals surface area contributed by atoms with Crippen molar-refractivity contribution < 1.29 is 9.90 Å². The first-order chi connectivity index (χ1) is 7.69. The van der Waals surface area contributed by atoms with Crippen LogP contribution in [0.3, 0.4) is 0 Å². The zero-order chi connectivity index (χ0) is 12.0. The highest BCUT2D eigenvalue weighted by Gasteiger charge is 2.15. The summed E-state index contributed by atoms with van der Waals surface area (Å²) in [5.74, 6) is -0.896. The second kappa shape index (κ2) is 6.23. The van der Waals surface area contributed by atoms with Crippen LogP contribution in [0, 0.1) is 0 Å². The van der Waals surface area contributed by atoms with Crippen molar-refractivity contribution in [2.24, 2.45) is 0 Å². The highest BCUT2D eigenvalue weighted by atomic mass is 32.2. The topological polar surface area (TPSA) is 49.3 Å². The molecule has 1 aromatic carbocycles. The van der Waals surface area contributed by atoms with Crippen LogP contribution >= 0.6 is 11.8 Å². The molecule has 86 valence electrons. The van der Waals surface area contributed by atoms with Gasteiger partial charge in [0.05, 0.1) is 5.69 Å². The minimum Gasteiger partial charge on any atom is -0.477 e. The third-order valence-electron chi connectivity index (χ3n) is 1.68. The van der Waals surface area contributed by atoms with Crippen molar-refractivity contribution in [1.29, 1.82) is 0 Å². The number of hydrogen-bond acceptors (Lipinski definition) is 3. The molecule has 0 amide bonds. The van der Waals surface area contributed by atoms with E-state index in [0.29, 0.717) is 4.91 Å². The van der Waals surface area contributed by atoms with Gasteiger partial charge in [0.15, 0.2) is 0 Å². The van der Waals surface area contributed by atoms with Crippen LogP contribution in [0.15, 0.2) is 40.3 Å². The maximum Gasteiger partial charge on any atom is 0.344 e. The maximum atomic E-state index is 10.6. The Bertz CT molecular complexity index is 402. The molecule has 0 fully saturated rings. The van der Waals surface area contributed by atoms with E-state index < -0.39 is 5.97 Å². The molecule has 1 aliphatic rings. The zero-order valence-corrected chi connectivity index (χ0v) is 10.2. The molecule has 0 bridgehead atoms. The number of carbonyl (C=O) groups is 1. The van der Waals surface area contributed by atoms with E-state index in [-0.39, 0.29) is 0 Å². The van der Waals surface area contributed by atoms with Gasteiger partial charge in [-0.05, 0) is 12.1 Å². The Kier molecular flexibility index (Phi) is 4.92. The Morgan fingerprint density at radius 1 is 1.38 bits per heavy atom. The first kappa shape index (κ1) is 12.6. The van der Waals surface area contributed by atoms with Gasteiger partial charge in [0.25, 0.3) is 0 Å². The molecule has 0 radical (unpaired) electrons. The molecular weight excluding hydrogens is 222 g/mol. The fraction of sp³-hybridized carbons (Fsp3) is 0.250. The van der Waals surface area contributed by atoms with E-state index >= 15 is 0 Å². The molecule has 0 aliphatic carbocycles. The van der Waals surface area contributed by atoms with Gasteiger partial charge in [0, 0.05) is 11.1 Å². The van der Waals surface area contributed by atoms with Crippen LogP contribution in [-0.2, 0) is 4.79 Å². The molecule has 1 heterocycles. The first-order valence-corrected chi connectivity index (χ1v) is 5.97. The highest BCUT2D eigenvalue weighted by molar-refractivity contribution is 8.04. The van der Waals surface area contributed by atoms with Crippen LogP contribution in [0.2, 0.25) is 0 Å². The SMILES string of the molecule is CCC.O=C(O)C1=CNc2ccccc2S1. The Balaban J connectivity index is 0.000000386. The van der Waals surface area contributed by atoms with E-state index in [1.807, 2.05) is 24.3 Å². The summed E-state index contributed by atoms with van der Waals surface area (Å²) < 4.78 is 0. The molecule has 0 unspecified atom stereocenters. The summed E-state index contributed by atoms with van der Waals surface area (Å²) in [5.41, 5.74) is 0.956. The second-order valence-electron chi connectivity index (χ2n) is 3.26. The van der Waals surface area contributed by atoms with Crippen LogP contribution in [0.5, 0.6) is 0 Å². The lowest BCUT2D eigenvalue weighted by Gasteiger charge is -2.14. The Labute approximate surface area is 99.6 Å². The summed E-state index contributed by atoms with van der Waals surface area (Å²) in [6.45, 7) is 4.25. The average molecular weight is 237 g/mol. The number of rotatable bonds is 1. The fourth-order valence-corrected chi connectivity index (χ4v) is 1.90. The first-order valence-electron chi connectivity index (χ1n) is 5.15. The van der Waals surface area contributed by atoms with Crippen molar-refractivity contribution in [3.8, 4) is 0 Å². The summed E-state index contributed by atoms with van der Waals surface area (Å²) in [6.07, 6.45) is 2.76.